The Morgan fingerprint density at radius 2 is 2.00 bits per heavy atom. The van der Waals surface area contributed by atoms with Gasteiger partial charge in [0.2, 0.25) is 4.58 Å². The second kappa shape index (κ2) is 9.72. The van der Waals surface area contributed by atoms with Gasteiger partial charge in [-0.3, -0.25) is 23.7 Å². The molecule has 1 aromatic heterocycles. The van der Waals surface area contributed by atoms with Gasteiger partial charge in [0.1, 0.15) is 23.5 Å². The minimum atomic E-state index is -4.42. The summed E-state index contributed by atoms with van der Waals surface area (Å²) in [5.41, 5.74) is -3.47. The molecule has 5 atom stereocenters. The van der Waals surface area contributed by atoms with Gasteiger partial charge in [0.05, 0.1) is 6.61 Å². The van der Waals surface area contributed by atoms with Crippen molar-refractivity contribution in [1.29, 1.82) is 0 Å². The zero-order valence-electron chi connectivity index (χ0n) is 17.9. The SMILES string of the molecule is CC(C)(N[P@](=O)(OC[C@H]1O[C@@H](n2ccc(=O)[nH]c2=O)[C@@](F)(Br)[C@@H]1O)Oc1ccccc1)C(=O)O. The van der Waals surface area contributed by atoms with Crippen LogP contribution >= 0.6 is 23.7 Å². The average molecular weight is 566 g/mol. The number of aliphatic hydroxyl groups is 1. The molecule has 4 N–H and O–H groups in total. The average Bonchev–Trinajstić information content (AvgIpc) is 2.96. The number of rotatable bonds is 9. The molecule has 2 heterocycles. The Balaban J connectivity index is 1.83. The van der Waals surface area contributed by atoms with E-state index in [0.29, 0.717) is 4.57 Å². The molecule has 1 aromatic carbocycles. The number of nitrogens with zero attached hydrogens (tertiary/aromatic N) is 1. The fraction of sp³-hybridized carbons (Fsp3) is 0.421. The Labute approximate surface area is 200 Å². The largest absolute Gasteiger partial charge is 0.480 e. The third kappa shape index (κ3) is 5.65. The van der Waals surface area contributed by atoms with E-state index in [-0.39, 0.29) is 5.75 Å². The third-order valence-electron chi connectivity index (χ3n) is 4.81. The van der Waals surface area contributed by atoms with Crippen molar-refractivity contribution in [3.8, 4) is 5.75 Å². The first kappa shape index (κ1) is 26.3. The van der Waals surface area contributed by atoms with Gasteiger partial charge in [0.25, 0.3) is 5.56 Å². The summed E-state index contributed by atoms with van der Waals surface area (Å²) in [7, 11) is -4.42. The summed E-state index contributed by atoms with van der Waals surface area (Å²) in [5, 5.41) is 22.1. The lowest BCUT2D eigenvalue weighted by Gasteiger charge is -2.28. The summed E-state index contributed by atoms with van der Waals surface area (Å²) in [6.45, 7) is 1.73. The summed E-state index contributed by atoms with van der Waals surface area (Å²) in [6.07, 6.45) is -4.14. The van der Waals surface area contributed by atoms with E-state index < -0.39 is 60.1 Å². The number of para-hydroxylation sites is 1. The lowest BCUT2D eigenvalue weighted by molar-refractivity contribution is -0.142. The number of aliphatic carboxylic acids is 1. The van der Waals surface area contributed by atoms with Gasteiger partial charge in [0, 0.05) is 12.3 Å². The second-order valence-corrected chi connectivity index (χ2v) is 10.8. The Hall–Kier alpha value is -2.35. The van der Waals surface area contributed by atoms with Crippen LogP contribution in [-0.4, -0.2) is 54.7 Å². The standard InChI is InChI=1S/C19H22BrFN3O9P/c1-18(2,16(27)28)23-34(30,33-11-6-4-3-5-7-11)31-10-12-14(26)19(20,21)15(32-12)24-9-8-13(25)22-17(24)29/h3-9,12,14-15,26H,10H2,1-2H3,(H,23,30)(H,27,28)(H,22,25,29)/t12-,14-,15-,19-,34+/m1/s1. The van der Waals surface area contributed by atoms with Gasteiger partial charge in [-0.1, -0.05) is 18.2 Å². The molecule has 0 saturated carbocycles. The highest BCUT2D eigenvalue weighted by Gasteiger charge is 2.57. The number of hydrogen-bond donors (Lipinski definition) is 4. The molecule has 0 bridgehead atoms. The summed E-state index contributed by atoms with van der Waals surface area (Å²) >= 11 is 2.70. The zero-order valence-corrected chi connectivity index (χ0v) is 20.4. The maximum atomic E-state index is 15.3. The Morgan fingerprint density at radius 3 is 2.59 bits per heavy atom. The Bertz CT molecular complexity index is 1200. The molecule has 1 aliphatic heterocycles. The van der Waals surface area contributed by atoms with Crippen molar-refractivity contribution in [2.24, 2.45) is 0 Å². The van der Waals surface area contributed by atoms with E-state index in [1.165, 1.54) is 26.0 Å². The highest BCUT2D eigenvalue weighted by atomic mass is 79.9. The van der Waals surface area contributed by atoms with E-state index in [1.54, 1.807) is 18.2 Å². The highest BCUT2D eigenvalue weighted by molar-refractivity contribution is 9.10. The topological polar surface area (TPSA) is 169 Å². The van der Waals surface area contributed by atoms with E-state index >= 15 is 4.39 Å². The van der Waals surface area contributed by atoms with Crippen molar-refractivity contribution in [3.63, 3.8) is 0 Å². The molecule has 0 unspecified atom stereocenters. The molecule has 0 radical (unpaired) electrons. The molecule has 2 aromatic rings. The minimum Gasteiger partial charge on any atom is -0.480 e. The molecule has 186 valence electrons. The fourth-order valence-electron chi connectivity index (χ4n) is 2.98. The van der Waals surface area contributed by atoms with Crippen LogP contribution in [0.2, 0.25) is 0 Å². The van der Waals surface area contributed by atoms with E-state index in [0.717, 1.165) is 12.3 Å². The van der Waals surface area contributed by atoms with Gasteiger partial charge in [-0.15, -0.1) is 0 Å². The van der Waals surface area contributed by atoms with Crippen LogP contribution in [0.1, 0.15) is 20.1 Å². The van der Waals surface area contributed by atoms with Gasteiger partial charge in [-0.25, -0.2) is 13.8 Å². The smallest absolute Gasteiger partial charge is 0.459 e. The molecule has 34 heavy (non-hydrogen) atoms. The second-order valence-electron chi connectivity index (χ2n) is 7.90. The van der Waals surface area contributed by atoms with Gasteiger partial charge < -0.3 is 19.5 Å². The molecule has 15 heteroatoms. The van der Waals surface area contributed by atoms with Crippen LogP contribution in [0.15, 0.2) is 52.2 Å². The molecule has 0 amide bonds. The number of nitrogens with one attached hydrogen (secondary N) is 2. The van der Waals surface area contributed by atoms with Gasteiger partial charge in [-0.2, -0.15) is 5.09 Å². The molecule has 12 nitrogen and oxygen atoms in total. The van der Waals surface area contributed by atoms with Gasteiger partial charge in [0.15, 0.2) is 6.23 Å². The molecule has 1 saturated heterocycles. The molecule has 0 spiro atoms. The van der Waals surface area contributed by atoms with Crippen LogP contribution in [0.5, 0.6) is 5.75 Å². The van der Waals surface area contributed by atoms with Crippen molar-refractivity contribution in [3.05, 3.63) is 63.4 Å². The first-order chi connectivity index (χ1) is 15.7. The van der Waals surface area contributed by atoms with Crippen LogP contribution in [0.4, 0.5) is 4.39 Å². The predicted molar refractivity (Wildman–Crippen MR) is 119 cm³/mol. The van der Waals surface area contributed by atoms with Crippen LogP contribution in [0.3, 0.4) is 0 Å². The number of H-pyrrole nitrogens is 1. The van der Waals surface area contributed by atoms with Crippen molar-refractivity contribution in [2.75, 3.05) is 6.61 Å². The van der Waals surface area contributed by atoms with Crippen LogP contribution in [-0.2, 0) is 18.6 Å². The quantitative estimate of drug-likeness (QED) is 0.258. The Morgan fingerprint density at radius 1 is 1.35 bits per heavy atom. The summed E-state index contributed by atoms with van der Waals surface area (Å²) in [6, 6.07) is 8.71. The lowest BCUT2D eigenvalue weighted by atomic mass is 10.1. The van der Waals surface area contributed by atoms with Gasteiger partial charge in [-0.05, 0) is 41.9 Å². The number of hydrogen-bond acceptors (Lipinski definition) is 8. The van der Waals surface area contributed by atoms with E-state index in [9.17, 15) is 29.2 Å². The van der Waals surface area contributed by atoms with E-state index in [2.05, 4.69) is 21.0 Å². The Kier molecular flexibility index (Phi) is 7.51. The summed E-state index contributed by atoms with van der Waals surface area (Å²) in [5.74, 6) is -1.27. The first-order valence-electron chi connectivity index (χ1n) is 9.80. The monoisotopic (exact) mass is 565 g/mol. The number of alkyl halides is 2. The fourth-order valence-corrected chi connectivity index (χ4v) is 5.29. The molecule has 3 rings (SSSR count). The van der Waals surface area contributed by atoms with Crippen molar-refractivity contribution >= 4 is 29.6 Å². The van der Waals surface area contributed by atoms with E-state index in [1.807, 2.05) is 4.98 Å². The number of ether oxygens (including phenoxy) is 1. The predicted octanol–water partition coefficient (Wildman–Crippen LogP) is 1.51. The normalized spacial score (nSPS) is 26.7. The van der Waals surface area contributed by atoms with Crippen LogP contribution in [0.25, 0.3) is 0 Å². The maximum Gasteiger partial charge on any atom is 0.459 e. The number of carboxylic acid groups (broad SMARTS) is 1. The zero-order chi connectivity index (χ0) is 25.3. The highest BCUT2D eigenvalue weighted by Crippen LogP contribution is 2.49. The number of halogens is 2. The number of aromatic amines is 1. The third-order valence-corrected chi connectivity index (χ3v) is 7.45. The molecule has 0 aliphatic carbocycles. The van der Waals surface area contributed by atoms with Crippen LogP contribution in [0, 0.1) is 0 Å². The number of benzene rings is 1. The lowest BCUT2D eigenvalue weighted by Crippen LogP contribution is -2.46. The number of aliphatic hydroxyl groups excluding tert-OH is 1. The van der Waals surface area contributed by atoms with Crippen molar-refractivity contribution in [2.45, 2.75) is 42.4 Å². The van der Waals surface area contributed by atoms with Crippen molar-refractivity contribution in [1.82, 2.24) is 14.6 Å². The number of carbonyl (C=O) groups is 1. The number of carboxylic acids is 1. The van der Waals surface area contributed by atoms with Gasteiger partial charge >= 0.3 is 19.4 Å². The van der Waals surface area contributed by atoms with Crippen molar-refractivity contribution < 1.29 is 37.7 Å². The molecular formula is C19H22BrFN3O9P. The molecule has 1 fully saturated rings. The summed E-state index contributed by atoms with van der Waals surface area (Å²) < 4.78 is 42.9. The molecular weight excluding hydrogens is 544 g/mol. The first-order valence-corrected chi connectivity index (χ1v) is 12.1. The maximum absolute atomic E-state index is 15.3. The van der Waals surface area contributed by atoms with Crippen LogP contribution < -0.4 is 20.9 Å². The minimum absolute atomic E-state index is 0.0883. The van der Waals surface area contributed by atoms with E-state index in [4.69, 9.17) is 13.8 Å². The molecule has 1 aliphatic rings. The summed E-state index contributed by atoms with van der Waals surface area (Å²) in [4.78, 5) is 36.8. The number of aromatic nitrogens is 2.